The number of pyridine rings is 1. The Morgan fingerprint density at radius 3 is 2.07 bits per heavy atom. The zero-order valence-corrected chi connectivity index (χ0v) is 16.6. The molecule has 27 heavy (non-hydrogen) atoms. The molecule has 2 heterocycles. The zero-order chi connectivity index (χ0) is 19.2. The predicted molar refractivity (Wildman–Crippen MR) is 113 cm³/mol. The molecule has 2 aromatic carbocycles. The van der Waals surface area contributed by atoms with Crippen molar-refractivity contribution in [3.8, 4) is 22.6 Å². The van der Waals surface area contributed by atoms with E-state index in [1.54, 1.807) is 0 Å². The SMILES string of the molecule is Cc1cc(C)cc(-c2nccc3cc(-c4ccc(C(C)(C)C)cc4)oc23)c1. The second kappa shape index (κ2) is 6.38. The van der Waals surface area contributed by atoms with Crippen LogP contribution in [0, 0.1) is 13.8 Å². The molecule has 0 unspecified atom stereocenters. The molecule has 0 bridgehead atoms. The van der Waals surface area contributed by atoms with Crippen LogP contribution in [0.4, 0.5) is 0 Å². The normalized spacial score (nSPS) is 11.9. The molecule has 0 aliphatic carbocycles. The number of aryl methyl sites for hydroxylation is 2. The van der Waals surface area contributed by atoms with E-state index in [2.05, 4.69) is 88.1 Å². The number of aromatic nitrogens is 1. The van der Waals surface area contributed by atoms with Crippen molar-refractivity contribution in [1.82, 2.24) is 4.98 Å². The fourth-order valence-corrected chi connectivity index (χ4v) is 3.56. The van der Waals surface area contributed by atoms with Gasteiger partial charge in [-0.05, 0) is 49.1 Å². The quantitative estimate of drug-likeness (QED) is 0.384. The molecule has 0 atom stereocenters. The first kappa shape index (κ1) is 17.5. The molecule has 4 rings (SSSR count). The van der Waals surface area contributed by atoms with Crippen molar-refractivity contribution in [2.24, 2.45) is 0 Å². The summed E-state index contributed by atoms with van der Waals surface area (Å²) in [7, 11) is 0. The summed E-state index contributed by atoms with van der Waals surface area (Å²) < 4.78 is 6.28. The Kier molecular flexibility index (Phi) is 4.15. The van der Waals surface area contributed by atoms with Gasteiger partial charge >= 0.3 is 0 Å². The van der Waals surface area contributed by atoms with E-state index in [-0.39, 0.29) is 5.41 Å². The van der Waals surface area contributed by atoms with Crippen LogP contribution in [-0.2, 0) is 5.41 Å². The lowest BCUT2D eigenvalue weighted by atomic mass is 9.86. The van der Waals surface area contributed by atoms with Crippen molar-refractivity contribution < 1.29 is 4.42 Å². The maximum absolute atomic E-state index is 6.28. The Hall–Kier alpha value is -2.87. The van der Waals surface area contributed by atoms with E-state index in [1.807, 2.05) is 12.3 Å². The van der Waals surface area contributed by atoms with Crippen LogP contribution in [0.2, 0.25) is 0 Å². The largest absolute Gasteiger partial charge is 0.454 e. The lowest BCUT2D eigenvalue weighted by Gasteiger charge is -2.18. The molecule has 0 spiro atoms. The van der Waals surface area contributed by atoms with Gasteiger partial charge in [0.15, 0.2) is 5.58 Å². The number of fused-ring (bicyclic) bond motifs is 1. The van der Waals surface area contributed by atoms with Gasteiger partial charge < -0.3 is 4.42 Å². The van der Waals surface area contributed by atoms with E-state index in [0.717, 1.165) is 33.6 Å². The topological polar surface area (TPSA) is 26.0 Å². The van der Waals surface area contributed by atoms with Crippen LogP contribution in [0.25, 0.3) is 33.6 Å². The minimum absolute atomic E-state index is 0.145. The van der Waals surface area contributed by atoms with E-state index >= 15 is 0 Å². The van der Waals surface area contributed by atoms with Crippen molar-refractivity contribution in [3.05, 3.63) is 77.5 Å². The highest BCUT2D eigenvalue weighted by molar-refractivity contribution is 5.93. The number of furan rings is 1. The molecule has 4 aromatic rings. The van der Waals surface area contributed by atoms with Crippen LogP contribution in [0.15, 0.2) is 65.2 Å². The molecule has 0 N–H and O–H groups in total. The van der Waals surface area contributed by atoms with Gasteiger partial charge in [-0.15, -0.1) is 0 Å². The third-order valence-corrected chi connectivity index (χ3v) is 4.96. The number of benzene rings is 2. The van der Waals surface area contributed by atoms with Crippen LogP contribution in [0.3, 0.4) is 0 Å². The van der Waals surface area contributed by atoms with Gasteiger partial charge in [-0.25, -0.2) is 0 Å². The smallest absolute Gasteiger partial charge is 0.161 e. The monoisotopic (exact) mass is 355 g/mol. The van der Waals surface area contributed by atoms with Crippen molar-refractivity contribution in [1.29, 1.82) is 0 Å². The molecule has 0 amide bonds. The number of rotatable bonds is 2. The Balaban J connectivity index is 1.81. The fourth-order valence-electron chi connectivity index (χ4n) is 3.56. The summed E-state index contributed by atoms with van der Waals surface area (Å²) in [4.78, 5) is 4.62. The summed E-state index contributed by atoms with van der Waals surface area (Å²) in [6.45, 7) is 10.9. The molecule has 0 saturated carbocycles. The Labute approximate surface area is 160 Å². The Bertz CT molecular complexity index is 1090. The average Bonchev–Trinajstić information content (AvgIpc) is 3.04. The lowest BCUT2D eigenvalue weighted by molar-refractivity contribution is 0.590. The van der Waals surface area contributed by atoms with Crippen molar-refractivity contribution in [2.45, 2.75) is 40.0 Å². The summed E-state index contributed by atoms with van der Waals surface area (Å²) in [6.07, 6.45) is 1.86. The summed E-state index contributed by atoms with van der Waals surface area (Å²) in [5.41, 5.74) is 7.86. The molecule has 2 heteroatoms. The molecule has 2 aromatic heterocycles. The molecular formula is C25H25NO. The third kappa shape index (κ3) is 3.40. The first-order chi connectivity index (χ1) is 12.8. The van der Waals surface area contributed by atoms with Crippen molar-refractivity contribution >= 4 is 11.0 Å². The molecule has 2 nitrogen and oxygen atoms in total. The highest BCUT2D eigenvalue weighted by Crippen LogP contribution is 2.34. The van der Waals surface area contributed by atoms with Crippen LogP contribution in [0.5, 0.6) is 0 Å². The minimum Gasteiger partial charge on any atom is -0.454 e. The molecule has 0 radical (unpaired) electrons. The number of hydrogen-bond donors (Lipinski definition) is 0. The summed E-state index contributed by atoms with van der Waals surface area (Å²) in [5, 5.41) is 1.08. The molecule has 0 saturated heterocycles. The molecule has 0 aliphatic rings. The van der Waals surface area contributed by atoms with Gasteiger partial charge in [0.2, 0.25) is 0 Å². The highest BCUT2D eigenvalue weighted by Gasteiger charge is 2.16. The Morgan fingerprint density at radius 1 is 0.778 bits per heavy atom. The number of hydrogen-bond acceptors (Lipinski definition) is 2. The summed E-state index contributed by atoms with van der Waals surface area (Å²) in [6, 6.07) is 19.3. The molecule has 0 fully saturated rings. The molecular weight excluding hydrogens is 330 g/mol. The second-order valence-corrected chi connectivity index (χ2v) is 8.39. The summed E-state index contributed by atoms with van der Waals surface area (Å²) in [5.74, 6) is 0.879. The molecule has 136 valence electrons. The fraction of sp³-hybridized carbons (Fsp3) is 0.240. The van der Waals surface area contributed by atoms with Gasteiger partial charge in [0.25, 0.3) is 0 Å². The van der Waals surface area contributed by atoms with E-state index in [9.17, 15) is 0 Å². The van der Waals surface area contributed by atoms with Gasteiger partial charge in [-0.1, -0.05) is 62.2 Å². The molecule has 0 aliphatic heterocycles. The van der Waals surface area contributed by atoms with E-state index in [0.29, 0.717) is 0 Å². The van der Waals surface area contributed by atoms with Crippen LogP contribution < -0.4 is 0 Å². The van der Waals surface area contributed by atoms with Crippen LogP contribution in [0.1, 0.15) is 37.5 Å². The average molecular weight is 355 g/mol. The van der Waals surface area contributed by atoms with E-state index in [4.69, 9.17) is 4.42 Å². The standard InChI is InChI=1S/C25H25NO/c1-16-12-17(2)14-20(13-16)23-24-19(10-11-26-23)15-22(27-24)18-6-8-21(9-7-18)25(3,4)5/h6-15H,1-5H3. The van der Waals surface area contributed by atoms with Gasteiger partial charge in [0.1, 0.15) is 11.5 Å². The maximum atomic E-state index is 6.28. The predicted octanol–water partition coefficient (Wildman–Crippen LogP) is 7.08. The zero-order valence-electron chi connectivity index (χ0n) is 16.6. The van der Waals surface area contributed by atoms with Crippen LogP contribution in [-0.4, -0.2) is 4.98 Å². The second-order valence-electron chi connectivity index (χ2n) is 8.39. The summed E-state index contributed by atoms with van der Waals surface area (Å²) >= 11 is 0. The first-order valence-electron chi connectivity index (χ1n) is 9.39. The van der Waals surface area contributed by atoms with E-state index in [1.165, 1.54) is 16.7 Å². The van der Waals surface area contributed by atoms with Gasteiger partial charge in [0, 0.05) is 22.7 Å². The van der Waals surface area contributed by atoms with Gasteiger partial charge in [0.05, 0.1) is 0 Å². The van der Waals surface area contributed by atoms with E-state index < -0.39 is 0 Å². The van der Waals surface area contributed by atoms with Crippen LogP contribution >= 0.6 is 0 Å². The Morgan fingerprint density at radius 2 is 1.44 bits per heavy atom. The third-order valence-electron chi connectivity index (χ3n) is 4.96. The van der Waals surface area contributed by atoms with Gasteiger partial charge in [-0.2, -0.15) is 0 Å². The maximum Gasteiger partial charge on any atom is 0.161 e. The first-order valence-corrected chi connectivity index (χ1v) is 9.39. The van der Waals surface area contributed by atoms with Crippen molar-refractivity contribution in [2.75, 3.05) is 0 Å². The van der Waals surface area contributed by atoms with Crippen molar-refractivity contribution in [3.63, 3.8) is 0 Å². The number of nitrogens with zero attached hydrogens (tertiary/aromatic N) is 1. The minimum atomic E-state index is 0.145. The van der Waals surface area contributed by atoms with Gasteiger partial charge in [-0.3, -0.25) is 4.98 Å². The highest BCUT2D eigenvalue weighted by atomic mass is 16.3. The lowest BCUT2D eigenvalue weighted by Crippen LogP contribution is -2.10.